The molecule has 0 saturated carbocycles. The number of aromatic hydroxyl groups is 1. The van der Waals surface area contributed by atoms with Crippen LogP contribution in [-0.4, -0.2) is 54.5 Å². The van der Waals surface area contributed by atoms with Crippen molar-refractivity contribution in [3.63, 3.8) is 0 Å². The van der Waals surface area contributed by atoms with Crippen LogP contribution in [0.15, 0.2) is 18.2 Å². The first kappa shape index (κ1) is 15.1. The zero-order valence-electron chi connectivity index (χ0n) is 12.0. The Morgan fingerprint density at radius 1 is 1.40 bits per heavy atom. The van der Waals surface area contributed by atoms with E-state index in [0.717, 1.165) is 32.5 Å². The molecule has 2 rings (SSSR count). The summed E-state index contributed by atoms with van der Waals surface area (Å²) in [6, 6.07) is 4.63. The van der Waals surface area contributed by atoms with E-state index in [2.05, 4.69) is 19.0 Å². The van der Waals surface area contributed by atoms with Gasteiger partial charge in [0.2, 0.25) is 0 Å². The molecular formula is C15H21ClN2O2. The first-order valence-corrected chi connectivity index (χ1v) is 7.27. The third kappa shape index (κ3) is 3.64. The quantitative estimate of drug-likeness (QED) is 0.932. The summed E-state index contributed by atoms with van der Waals surface area (Å²) in [5, 5.41) is 10.3. The van der Waals surface area contributed by atoms with Gasteiger partial charge in [0, 0.05) is 24.7 Å². The largest absolute Gasteiger partial charge is 0.507 e. The Bertz CT molecular complexity index is 483. The molecule has 1 heterocycles. The van der Waals surface area contributed by atoms with Gasteiger partial charge in [0.15, 0.2) is 0 Å². The lowest BCUT2D eigenvalue weighted by molar-refractivity contribution is 0.0675. The second-order valence-electron chi connectivity index (χ2n) is 5.66. The van der Waals surface area contributed by atoms with Crippen LogP contribution in [0.4, 0.5) is 0 Å². The molecule has 1 saturated heterocycles. The van der Waals surface area contributed by atoms with Crippen molar-refractivity contribution in [1.29, 1.82) is 0 Å². The van der Waals surface area contributed by atoms with Gasteiger partial charge >= 0.3 is 0 Å². The summed E-state index contributed by atoms with van der Waals surface area (Å²) in [7, 11) is 4.15. The summed E-state index contributed by atoms with van der Waals surface area (Å²) in [5.74, 6) is 0.494. The lowest BCUT2D eigenvalue weighted by atomic mass is 9.96. The molecule has 1 fully saturated rings. The van der Waals surface area contributed by atoms with Crippen LogP contribution in [-0.2, 0) is 0 Å². The normalized spacial score (nSPS) is 16.7. The van der Waals surface area contributed by atoms with Crippen molar-refractivity contribution in [1.82, 2.24) is 9.80 Å². The van der Waals surface area contributed by atoms with Crippen LogP contribution in [0.2, 0.25) is 5.02 Å². The van der Waals surface area contributed by atoms with Gasteiger partial charge in [0.05, 0.1) is 5.56 Å². The molecule has 20 heavy (non-hydrogen) atoms. The van der Waals surface area contributed by atoms with Crippen LogP contribution in [0.5, 0.6) is 5.75 Å². The Balaban J connectivity index is 1.98. The number of phenols is 1. The lowest BCUT2D eigenvalue weighted by Gasteiger charge is -2.33. The molecule has 5 heteroatoms. The standard InChI is InChI=1S/C15H21ClN2O2/c1-17(2)10-11-5-7-18(8-6-11)15(20)13-4-3-12(16)9-14(13)19/h3-4,9,11,19H,5-8,10H2,1-2H3. The number of phenolic OH excluding ortho intramolecular Hbond substituents is 1. The van der Waals surface area contributed by atoms with Crippen LogP contribution >= 0.6 is 11.6 Å². The van der Waals surface area contributed by atoms with Crippen LogP contribution < -0.4 is 0 Å². The Hall–Kier alpha value is -1.26. The third-order valence-corrected chi connectivity index (χ3v) is 3.95. The van der Waals surface area contributed by atoms with Gasteiger partial charge in [-0.2, -0.15) is 0 Å². The van der Waals surface area contributed by atoms with Crippen LogP contribution in [0.25, 0.3) is 0 Å². The van der Waals surface area contributed by atoms with Gasteiger partial charge in [-0.15, -0.1) is 0 Å². The molecule has 0 bridgehead atoms. The van der Waals surface area contributed by atoms with E-state index in [1.54, 1.807) is 12.1 Å². The number of rotatable bonds is 3. The van der Waals surface area contributed by atoms with Crippen molar-refractivity contribution in [3.8, 4) is 5.75 Å². The minimum atomic E-state index is -0.109. The minimum absolute atomic E-state index is 0.0436. The zero-order valence-corrected chi connectivity index (χ0v) is 12.7. The maximum Gasteiger partial charge on any atom is 0.257 e. The first-order chi connectivity index (χ1) is 9.47. The minimum Gasteiger partial charge on any atom is -0.507 e. The highest BCUT2D eigenvalue weighted by molar-refractivity contribution is 6.30. The molecule has 4 nitrogen and oxygen atoms in total. The van der Waals surface area contributed by atoms with E-state index >= 15 is 0 Å². The van der Waals surface area contributed by atoms with Gasteiger partial charge in [-0.25, -0.2) is 0 Å². The number of carbonyl (C=O) groups excluding carboxylic acids is 1. The molecule has 1 aromatic rings. The molecule has 1 aliphatic heterocycles. The van der Waals surface area contributed by atoms with Gasteiger partial charge in [0.25, 0.3) is 5.91 Å². The Morgan fingerprint density at radius 3 is 2.60 bits per heavy atom. The second kappa shape index (κ2) is 6.46. The number of nitrogens with zero attached hydrogens (tertiary/aromatic N) is 2. The fraction of sp³-hybridized carbons (Fsp3) is 0.533. The average molecular weight is 297 g/mol. The second-order valence-corrected chi connectivity index (χ2v) is 6.10. The van der Waals surface area contributed by atoms with Crippen molar-refractivity contribution in [3.05, 3.63) is 28.8 Å². The van der Waals surface area contributed by atoms with E-state index in [0.29, 0.717) is 16.5 Å². The van der Waals surface area contributed by atoms with E-state index in [4.69, 9.17) is 11.6 Å². The fourth-order valence-corrected chi connectivity index (χ4v) is 2.86. The van der Waals surface area contributed by atoms with Crippen LogP contribution in [0.1, 0.15) is 23.2 Å². The van der Waals surface area contributed by atoms with E-state index in [9.17, 15) is 9.90 Å². The van der Waals surface area contributed by atoms with E-state index in [1.165, 1.54) is 6.07 Å². The smallest absolute Gasteiger partial charge is 0.257 e. The molecule has 0 atom stereocenters. The van der Waals surface area contributed by atoms with Crippen molar-refractivity contribution in [2.75, 3.05) is 33.7 Å². The highest BCUT2D eigenvalue weighted by Crippen LogP contribution is 2.25. The number of halogens is 1. The molecule has 0 aromatic heterocycles. The fourth-order valence-electron chi connectivity index (χ4n) is 2.69. The lowest BCUT2D eigenvalue weighted by Crippen LogP contribution is -2.40. The highest BCUT2D eigenvalue weighted by Gasteiger charge is 2.25. The van der Waals surface area contributed by atoms with Gasteiger partial charge in [-0.05, 0) is 51.1 Å². The third-order valence-electron chi connectivity index (χ3n) is 3.72. The predicted octanol–water partition coefficient (Wildman–Crippen LogP) is 2.46. The molecule has 0 aliphatic carbocycles. The van der Waals surface area contributed by atoms with Gasteiger partial charge < -0.3 is 14.9 Å². The zero-order chi connectivity index (χ0) is 14.7. The van der Waals surface area contributed by atoms with Gasteiger partial charge in [-0.3, -0.25) is 4.79 Å². The number of hydrogen-bond donors (Lipinski definition) is 1. The van der Waals surface area contributed by atoms with E-state index in [-0.39, 0.29) is 11.7 Å². The van der Waals surface area contributed by atoms with E-state index < -0.39 is 0 Å². The molecule has 1 aromatic carbocycles. The van der Waals surface area contributed by atoms with Crippen LogP contribution in [0, 0.1) is 5.92 Å². The molecule has 1 N–H and O–H groups in total. The number of piperidine rings is 1. The maximum absolute atomic E-state index is 12.4. The van der Waals surface area contributed by atoms with E-state index in [1.807, 2.05) is 4.90 Å². The topological polar surface area (TPSA) is 43.8 Å². The predicted molar refractivity (Wildman–Crippen MR) is 80.3 cm³/mol. The number of likely N-dealkylation sites (tertiary alicyclic amines) is 1. The molecule has 0 spiro atoms. The monoisotopic (exact) mass is 296 g/mol. The molecule has 0 unspecified atom stereocenters. The SMILES string of the molecule is CN(C)CC1CCN(C(=O)c2ccc(Cl)cc2O)CC1. The van der Waals surface area contributed by atoms with Crippen molar-refractivity contribution < 1.29 is 9.90 Å². The Morgan fingerprint density at radius 2 is 2.05 bits per heavy atom. The summed E-state index contributed by atoms with van der Waals surface area (Å²) < 4.78 is 0. The Kier molecular flexibility index (Phi) is 4.89. The molecule has 0 radical (unpaired) electrons. The summed E-state index contributed by atoms with van der Waals surface area (Å²) in [6.07, 6.45) is 2.02. The molecule has 1 aliphatic rings. The number of benzene rings is 1. The van der Waals surface area contributed by atoms with Crippen molar-refractivity contribution >= 4 is 17.5 Å². The summed E-state index contributed by atoms with van der Waals surface area (Å²) in [5.41, 5.74) is 0.334. The Labute approximate surface area is 124 Å². The number of carbonyl (C=O) groups is 1. The van der Waals surface area contributed by atoms with Crippen molar-refractivity contribution in [2.24, 2.45) is 5.92 Å². The summed E-state index contributed by atoms with van der Waals surface area (Å²) in [4.78, 5) is 16.4. The average Bonchev–Trinajstić information content (AvgIpc) is 2.38. The maximum atomic E-state index is 12.4. The van der Waals surface area contributed by atoms with Crippen LogP contribution in [0.3, 0.4) is 0 Å². The molecule has 110 valence electrons. The molecule has 1 amide bonds. The van der Waals surface area contributed by atoms with Crippen molar-refractivity contribution in [2.45, 2.75) is 12.8 Å². The first-order valence-electron chi connectivity index (χ1n) is 6.90. The van der Waals surface area contributed by atoms with Gasteiger partial charge in [0.1, 0.15) is 5.75 Å². The summed E-state index contributed by atoms with van der Waals surface area (Å²) >= 11 is 5.79. The number of amides is 1. The summed E-state index contributed by atoms with van der Waals surface area (Å²) in [6.45, 7) is 2.56. The highest BCUT2D eigenvalue weighted by atomic mass is 35.5. The number of hydrogen-bond acceptors (Lipinski definition) is 3. The van der Waals surface area contributed by atoms with Gasteiger partial charge in [-0.1, -0.05) is 11.6 Å². The molecular weight excluding hydrogens is 276 g/mol.